The zero-order valence-corrected chi connectivity index (χ0v) is 19.7. The number of carbonyl (C=O) groups excluding carboxylic acids is 2. The Balaban J connectivity index is 1.49. The number of benzene rings is 1. The van der Waals surface area contributed by atoms with Gasteiger partial charge in [0.25, 0.3) is 5.56 Å². The maximum Gasteiger partial charge on any atom is 0.348 e. The number of ether oxygens (including phenoxy) is 2. The molecular formula is C25H28N2O5S. The number of carbonyl (C=O) groups is 2. The molecule has 8 heteroatoms. The Morgan fingerprint density at radius 3 is 2.64 bits per heavy atom. The Morgan fingerprint density at radius 2 is 1.91 bits per heavy atom. The number of hydrogen-bond donors (Lipinski definition) is 0. The van der Waals surface area contributed by atoms with Crippen LogP contribution in [0.2, 0.25) is 0 Å². The number of hydrogen-bond acceptors (Lipinski definition) is 7. The van der Waals surface area contributed by atoms with Gasteiger partial charge in [0, 0.05) is 6.42 Å². The molecule has 2 aromatic heterocycles. The monoisotopic (exact) mass is 468 g/mol. The molecule has 4 rings (SSSR count). The summed E-state index contributed by atoms with van der Waals surface area (Å²) in [6.07, 6.45) is 6.89. The lowest BCUT2D eigenvalue weighted by Gasteiger charge is -2.24. The molecule has 0 bridgehead atoms. The number of esters is 2. The lowest BCUT2D eigenvalue weighted by atomic mass is 9.98. The van der Waals surface area contributed by atoms with Gasteiger partial charge in [0.15, 0.2) is 0 Å². The quantitative estimate of drug-likeness (QED) is 0.471. The van der Waals surface area contributed by atoms with Crippen molar-refractivity contribution in [3.8, 4) is 0 Å². The van der Waals surface area contributed by atoms with E-state index in [1.165, 1.54) is 10.9 Å². The highest BCUT2D eigenvalue weighted by Gasteiger charge is 2.26. The minimum Gasteiger partial charge on any atom is -0.461 e. The van der Waals surface area contributed by atoms with Gasteiger partial charge in [-0.25, -0.2) is 14.6 Å². The first-order valence-electron chi connectivity index (χ1n) is 11.4. The van der Waals surface area contributed by atoms with Gasteiger partial charge in [-0.05, 0) is 50.7 Å². The standard InChI is InChI=1S/C25H28N2O5S/c1-16-20-22(33-21(16)25(30)31-14-13-18-9-5-3-6-10-18)26-15-27(23(20)28)17(2)24(29)32-19-11-7-4-8-12-19/h3,5-6,9-10,15,17,19H,4,7-8,11-14H2,1-2H3. The summed E-state index contributed by atoms with van der Waals surface area (Å²) >= 11 is 1.13. The Morgan fingerprint density at radius 1 is 1.18 bits per heavy atom. The largest absolute Gasteiger partial charge is 0.461 e. The molecule has 1 aromatic carbocycles. The van der Waals surface area contributed by atoms with Gasteiger partial charge in [-0.1, -0.05) is 36.8 Å². The third-order valence-electron chi connectivity index (χ3n) is 6.12. The van der Waals surface area contributed by atoms with E-state index in [1.807, 2.05) is 30.3 Å². The number of fused-ring (bicyclic) bond motifs is 1. The maximum absolute atomic E-state index is 13.2. The van der Waals surface area contributed by atoms with E-state index in [1.54, 1.807) is 13.8 Å². The van der Waals surface area contributed by atoms with Gasteiger partial charge in [0.1, 0.15) is 21.9 Å². The molecule has 0 aliphatic heterocycles. The second kappa shape index (κ2) is 10.3. The van der Waals surface area contributed by atoms with Crippen LogP contribution in [-0.2, 0) is 20.7 Å². The van der Waals surface area contributed by atoms with Crippen molar-refractivity contribution in [2.75, 3.05) is 6.61 Å². The molecule has 0 spiro atoms. The summed E-state index contributed by atoms with van der Waals surface area (Å²) < 4.78 is 12.4. The van der Waals surface area contributed by atoms with E-state index in [2.05, 4.69) is 4.98 Å². The Hall–Kier alpha value is -3.00. The fourth-order valence-corrected chi connectivity index (χ4v) is 5.17. The highest BCUT2D eigenvalue weighted by molar-refractivity contribution is 7.20. The molecule has 7 nitrogen and oxygen atoms in total. The first-order valence-corrected chi connectivity index (χ1v) is 12.2. The van der Waals surface area contributed by atoms with Crippen LogP contribution in [0.5, 0.6) is 0 Å². The van der Waals surface area contributed by atoms with Crippen LogP contribution in [0.15, 0.2) is 41.5 Å². The molecule has 1 aliphatic rings. The first-order chi connectivity index (χ1) is 16.0. The summed E-state index contributed by atoms with van der Waals surface area (Å²) in [6.45, 7) is 3.60. The van der Waals surface area contributed by atoms with Gasteiger partial charge in [0.2, 0.25) is 0 Å². The molecule has 0 saturated heterocycles. The molecule has 0 radical (unpaired) electrons. The Labute approximate surface area is 196 Å². The van der Waals surface area contributed by atoms with Crippen LogP contribution in [0.3, 0.4) is 0 Å². The summed E-state index contributed by atoms with van der Waals surface area (Å²) in [5.41, 5.74) is 1.25. The molecule has 33 heavy (non-hydrogen) atoms. The van der Waals surface area contributed by atoms with E-state index < -0.39 is 18.0 Å². The number of aryl methyl sites for hydroxylation is 1. The fourth-order valence-electron chi connectivity index (χ4n) is 4.14. The fraction of sp³-hybridized carbons (Fsp3) is 0.440. The molecule has 1 atom stereocenters. The normalized spacial score (nSPS) is 15.3. The molecule has 1 saturated carbocycles. The van der Waals surface area contributed by atoms with Crippen molar-refractivity contribution in [2.24, 2.45) is 0 Å². The second-order valence-electron chi connectivity index (χ2n) is 8.44. The van der Waals surface area contributed by atoms with E-state index in [9.17, 15) is 14.4 Å². The van der Waals surface area contributed by atoms with Crippen molar-refractivity contribution >= 4 is 33.5 Å². The van der Waals surface area contributed by atoms with Crippen molar-refractivity contribution in [1.82, 2.24) is 9.55 Å². The van der Waals surface area contributed by atoms with Crippen molar-refractivity contribution in [3.63, 3.8) is 0 Å². The molecular weight excluding hydrogens is 440 g/mol. The van der Waals surface area contributed by atoms with Crippen LogP contribution in [0.25, 0.3) is 10.2 Å². The predicted octanol–water partition coefficient (Wildman–Crippen LogP) is 4.60. The minimum absolute atomic E-state index is 0.0822. The zero-order chi connectivity index (χ0) is 23.4. The summed E-state index contributed by atoms with van der Waals surface area (Å²) in [6, 6.07) is 8.98. The number of aromatic nitrogens is 2. The van der Waals surface area contributed by atoms with Crippen molar-refractivity contribution in [2.45, 2.75) is 64.5 Å². The van der Waals surface area contributed by atoms with E-state index in [0.29, 0.717) is 27.1 Å². The summed E-state index contributed by atoms with van der Waals surface area (Å²) in [7, 11) is 0. The van der Waals surface area contributed by atoms with Crippen LogP contribution >= 0.6 is 11.3 Å². The summed E-state index contributed by atoms with van der Waals surface area (Å²) in [5.74, 6) is -0.902. The van der Waals surface area contributed by atoms with Crippen molar-refractivity contribution in [3.05, 3.63) is 63.0 Å². The lowest BCUT2D eigenvalue weighted by Crippen LogP contribution is -2.32. The summed E-state index contributed by atoms with van der Waals surface area (Å²) in [5, 5.41) is 0.342. The zero-order valence-electron chi connectivity index (χ0n) is 18.9. The van der Waals surface area contributed by atoms with Gasteiger partial charge in [-0.2, -0.15) is 0 Å². The molecule has 1 fully saturated rings. The second-order valence-corrected chi connectivity index (χ2v) is 9.44. The van der Waals surface area contributed by atoms with Crippen molar-refractivity contribution in [1.29, 1.82) is 0 Å². The first kappa shape index (κ1) is 23.2. The molecule has 0 N–H and O–H groups in total. The van der Waals surface area contributed by atoms with Crippen LogP contribution in [0.1, 0.15) is 65.9 Å². The van der Waals surface area contributed by atoms with Crippen LogP contribution in [0, 0.1) is 6.92 Å². The summed E-state index contributed by atoms with van der Waals surface area (Å²) in [4.78, 5) is 43.7. The average molecular weight is 469 g/mol. The van der Waals surface area contributed by atoms with E-state index in [0.717, 1.165) is 49.0 Å². The average Bonchev–Trinajstić information content (AvgIpc) is 3.17. The number of thiophene rings is 1. The third-order valence-corrected chi connectivity index (χ3v) is 7.30. The molecule has 1 unspecified atom stereocenters. The SMILES string of the molecule is Cc1c(C(=O)OCCc2ccccc2)sc2ncn(C(C)C(=O)OC3CCCCC3)c(=O)c12. The predicted molar refractivity (Wildman–Crippen MR) is 127 cm³/mol. The highest BCUT2D eigenvalue weighted by atomic mass is 32.1. The van der Waals surface area contributed by atoms with Gasteiger partial charge >= 0.3 is 11.9 Å². The van der Waals surface area contributed by atoms with Crippen LogP contribution < -0.4 is 5.56 Å². The molecule has 1 aliphatic carbocycles. The van der Waals surface area contributed by atoms with Gasteiger partial charge < -0.3 is 9.47 Å². The highest BCUT2D eigenvalue weighted by Crippen LogP contribution is 2.28. The topological polar surface area (TPSA) is 87.5 Å². The molecule has 2 heterocycles. The van der Waals surface area contributed by atoms with Crippen LogP contribution in [-0.4, -0.2) is 34.2 Å². The lowest BCUT2D eigenvalue weighted by molar-refractivity contribution is -0.154. The van der Waals surface area contributed by atoms with E-state index >= 15 is 0 Å². The van der Waals surface area contributed by atoms with Gasteiger partial charge in [-0.15, -0.1) is 11.3 Å². The smallest absolute Gasteiger partial charge is 0.348 e. The van der Waals surface area contributed by atoms with Gasteiger partial charge in [0.05, 0.1) is 18.3 Å². The van der Waals surface area contributed by atoms with Crippen LogP contribution in [0.4, 0.5) is 0 Å². The van der Waals surface area contributed by atoms with Gasteiger partial charge in [-0.3, -0.25) is 9.36 Å². The molecule has 0 amide bonds. The van der Waals surface area contributed by atoms with Crippen molar-refractivity contribution < 1.29 is 19.1 Å². The minimum atomic E-state index is -0.795. The van der Waals surface area contributed by atoms with E-state index in [4.69, 9.17) is 9.47 Å². The number of rotatable bonds is 7. The Bertz CT molecular complexity index is 1190. The molecule has 3 aromatic rings. The maximum atomic E-state index is 13.2. The Kier molecular flexibility index (Phi) is 7.23. The number of nitrogens with zero attached hydrogens (tertiary/aromatic N) is 2. The van der Waals surface area contributed by atoms with E-state index in [-0.39, 0.29) is 18.3 Å². The molecule has 174 valence electrons. The third kappa shape index (κ3) is 5.16.